The third-order valence-corrected chi connectivity index (χ3v) is 5.07. The fraction of sp³-hybridized carbons (Fsp3) is 0.429. The van der Waals surface area contributed by atoms with Gasteiger partial charge in [0.05, 0.1) is 5.25 Å². The van der Waals surface area contributed by atoms with Gasteiger partial charge in [0.15, 0.2) is 0 Å². The Hall–Kier alpha value is -0.810. The molecule has 1 aliphatic carbocycles. The van der Waals surface area contributed by atoms with Crippen LogP contribution in [0.25, 0.3) is 0 Å². The summed E-state index contributed by atoms with van der Waals surface area (Å²) >= 11 is 4.93. The van der Waals surface area contributed by atoms with E-state index < -0.39 is 5.97 Å². The van der Waals surface area contributed by atoms with Crippen LogP contribution in [-0.2, 0) is 9.59 Å². The molecule has 2 atom stereocenters. The highest BCUT2D eigenvalue weighted by atomic mass is 79.9. The van der Waals surface area contributed by atoms with Crippen molar-refractivity contribution >= 4 is 39.4 Å². The van der Waals surface area contributed by atoms with Gasteiger partial charge >= 0.3 is 5.97 Å². The van der Waals surface area contributed by atoms with Crippen LogP contribution in [0.4, 0.5) is 0 Å². The van der Waals surface area contributed by atoms with E-state index in [4.69, 9.17) is 5.11 Å². The van der Waals surface area contributed by atoms with Crippen LogP contribution in [0, 0.1) is 5.92 Å². The van der Waals surface area contributed by atoms with E-state index in [1.54, 1.807) is 11.8 Å². The maximum absolute atomic E-state index is 11.9. The lowest BCUT2D eigenvalue weighted by Crippen LogP contribution is -2.28. The second-order valence-corrected chi connectivity index (χ2v) is 6.96. The largest absolute Gasteiger partial charge is 0.481 e. The minimum Gasteiger partial charge on any atom is -0.481 e. The molecule has 0 aromatic heterocycles. The lowest BCUT2D eigenvalue weighted by molar-refractivity contribution is -0.139. The van der Waals surface area contributed by atoms with E-state index in [9.17, 15) is 9.59 Å². The summed E-state index contributed by atoms with van der Waals surface area (Å²) in [5, 5.41) is 8.74. The standard InChI is InChI=1S/C14H15BrO3S/c15-10-2-4-11(5-3-10)19-13-7-9(8-14(17)18)1-6-12(13)16/h2-5,9,13H,1,6-8H2,(H,17,18). The summed E-state index contributed by atoms with van der Waals surface area (Å²) in [5.41, 5.74) is 0. The second kappa shape index (κ2) is 6.57. The van der Waals surface area contributed by atoms with Crippen molar-refractivity contribution < 1.29 is 14.7 Å². The maximum atomic E-state index is 11.9. The Morgan fingerprint density at radius 2 is 2.05 bits per heavy atom. The normalized spacial score (nSPS) is 23.3. The van der Waals surface area contributed by atoms with Gasteiger partial charge in [-0.3, -0.25) is 9.59 Å². The number of Topliss-reactive ketones (excluding diaryl/α,β-unsaturated/α-hetero) is 1. The van der Waals surface area contributed by atoms with Crippen LogP contribution in [0.15, 0.2) is 33.6 Å². The molecule has 1 saturated carbocycles. The predicted molar refractivity (Wildman–Crippen MR) is 78.4 cm³/mol. The molecule has 1 aliphatic rings. The molecule has 0 aliphatic heterocycles. The van der Waals surface area contributed by atoms with Crippen molar-refractivity contribution in [3.8, 4) is 0 Å². The highest BCUT2D eigenvalue weighted by Gasteiger charge is 2.30. The topological polar surface area (TPSA) is 54.4 Å². The third-order valence-electron chi connectivity index (χ3n) is 3.26. The molecule has 0 spiro atoms. The van der Waals surface area contributed by atoms with Crippen molar-refractivity contribution in [1.82, 2.24) is 0 Å². The molecule has 5 heteroatoms. The number of hydrogen-bond donors (Lipinski definition) is 1. The number of rotatable bonds is 4. The smallest absolute Gasteiger partial charge is 0.303 e. The molecule has 0 bridgehead atoms. The third kappa shape index (κ3) is 4.35. The second-order valence-electron chi connectivity index (χ2n) is 4.76. The Labute approximate surface area is 124 Å². The number of carboxylic acid groups (broad SMARTS) is 1. The molecule has 0 heterocycles. The number of thioether (sulfide) groups is 1. The molecule has 1 fully saturated rings. The van der Waals surface area contributed by atoms with Crippen LogP contribution >= 0.6 is 27.7 Å². The average molecular weight is 343 g/mol. The summed E-state index contributed by atoms with van der Waals surface area (Å²) in [6, 6.07) is 7.85. The first-order valence-electron chi connectivity index (χ1n) is 6.21. The number of carboxylic acids is 1. The zero-order valence-corrected chi connectivity index (χ0v) is 12.7. The van der Waals surface area contributed by atoms with Gasteiger partial charge in [-0.15, -0.1) is 11.8 Å². The van der Waals surface area contributed by atoms with Gasteiger partial charge in [-0.2, -0.15) is 0 Å². The van der Waals surface area contributed by atoms with Crippen LogP contribution in [-0.4, -0.2) is 22.1 Å². The predicted octanol–water partition coefficient (Wildman–Crippen LogP) is 3.75. The average Bonchev–Trinajstić information content (AvgIpc) is 2.35. The van der Waals surface area contributed by atoms with Crippen LogP contribution < -0.4 is 0 Å². The fourth-order valence-electron chi connectivity index (χ4n) is 2.28. The van der Waals surface area contributed by atoms with Crippen LogP contribution in [0.1, 0.15) is 25.7 Å². The quantitative estimate of drug-likeness (QED) is 0.905. The van der Waals surface area contributed by atoms with Gasteiger partial charge in [0.1, 0.15) is 5.78 Å². The summed E-state index contributed by atoms with van der Waals surface area (Å²) in [6.07, 6.45) is 2.06. The summed E-state index contributed by atoms with van der Waals surface area (Å²) in [7, 11) is 0. The molecule has 102 valence electrons. The minimum atomic E-state index is -0.772. The number of ketones is 1. The lowest BCUT2D eigenvalue weighted by atomic mass is 9.86. The van der Waals surface area contributed by atoms with E-state index in [0.29, 0.717) is 19.3 Å². The number of hydrogen-bond acceptors (Lipinski definition) is 3. The summed E-state index contributed by atoms with van der Waals surface area (Å²) < 4.78 is 1.01. The molecular formula is C14H15BrO3S. The van der Waals surface area contributed by atoms with Gasteiger partial charge in [0, 0.05) is 22.2 Å². The number of carbonyl (C=O) groups is 2. The van der Waals surface area contributed by atoms with Crippen molar-refractivity contribution in [2.24, 2.45) is 5.92 Å². The monoisotopic (exact) mass is 342 g/mol. The molecule has 1 N–H and O–H groups in total. The zero-order valence-electron chi connectivity index (χ0n) is 10.3. The van der Waals surface area contributed by atoms with Gasteiger partial charge < -0.3 is 5.11 Å². The highest BCUT2D eigenvalue weighted by molar-refractivity contribution is 9.10. The fourth-order valence-corrected chi connectivity index (χ4v) is 3.79. The lowest BCUT2D eigenvalue weighted by Gasteiger charge is -2.26. The van der Waals surface area contributed by atoms with E-state index >= 15 is 0 Å². The van der Waals surface area contributed by atoms with E-state index in [2.05, 4.69) is 15.9 Å². The highest BCUT2D eigenvalue weighted by Crippen LogP contribution is 2.35. The Kier molecular flexibility index (Phi) is 5.05. The van der Waals surface area contributed by atoms with Crippen LogP contribution in [0.3, 0.4) is 0 Å². The molecule has 0 saturated heterocycles. The minimum absolute atomic E-state index is 0.0979. The SMILES string of the molecule is O=C(O)CC1CCC(=O)C(Sc2ccc(Br)cc2)C1. The molecule has 1 aromatic rings. The van der Waals surface area contributed by atoms with E-state index in [-0.39, 0.29) is 23.4 Å². The van der Waals surface area contributed by atoms with E-state index in [0.717, 1.165) is 9.37 Å². The maximum Gasteiger partial charge on any atom is 0.303 e. The Morgan fingerprint density at radius 3 is 2.68 bits per heavy atom. The van der Waals surface area contributed by atoms with E-state index in [1.807, 2.05) is 24.3 Å². The summed E-state index contributed by atoms with van der Waals surface area (Å²) in [5.74, 6) is -0.399. The van der Waals surface area contributed by atoms with Gasteiger partial charge in [-0.1, -0.05) is 15.9 Å². The van der Waals surface area contributed by atoms with Crippen LogP contribution in [0.5, 0.6) is 0 Å². The number of halogens is 1. The Morgan fingerprint density at radius 1 is 1.37 bits per heavy atom. The molecule has 0 amide bonds. The molecule has 19 heavy (non-hydrogen) atoms. The van der Waals surface area contributed by atoms with Gasteiger partial charge in [-0.25, -0.2) is 0 Å². The zero-order chi connectivity index (χ0) is 13.8. The summed E-state index contributed by atoms with van der Waals surface area (Å²) in [4.78, 5) is 23.7. The number of aliphatic carboxylic acids is 1. The number of carbonyl (C=O) groups excluding carboxylic acids is 1. The van der Waals surface area contributed by atoms with Gasteiger partial charge in [0.2, 0.25) is 0 Å². The van der Waals surface area contributed by atoms with Gasteiger partial charge in [0.25, 0.3) is 0 Å². The van der Waals surface area contributed by atoms with Gasteiger partial charge in [-0.05, 0) is 43.0 Å². The molecule has 2 unspecified atom stereocenters. The summed E-state index contributed by atoms with van der Waals surface area (Å²) in [6.45, 7) is 0. The molecule has 2 rings (SSSR count). The first kappa shape index (κ1) is 14.6. The van der Waals surface area contributed by atoms with Crippen molar-refractivity contribution in [1.29, 1.82) is 0 Å². The van der Waals surface area contributed by atoms with Crippen molar-refractivity contribution in [3.63, 3.8) is 0 Å². The first-order chi connectivity index (χ1) is 9.04. The Balaban J connectivity index is 1.99. The number of benzene rings is 1. The van der Waals surface area contributed by atoms with Crippen molar-refractivity contribution in [2.75, 3.05) is 0 Å². The molecule has 0 radical (unpaired) electrons. The van der Waals surface area contributed by atoms with E-state index in [1.165, 1.54) is 0 Å². The van der Waals surface area contributed by atoms with Crippen molar-refractivity contribution in [2.45, 2.75) is 35.8 Å². The van der Waals surface area contributed by atoms with Crippen LogP contribution in [0.2, 0.25) is 0 Å². The molecule has 1 aromatic carbocycles. The Bertz CT molecular complexity index is 472. The molecule has 3 nitrogen and oxygen atoms in total. The first-order valence-corrected chi connectivity index (χ1v) is 7.88. The molecular weight excluding hydrogens is 328 g/mol. The van der Waals surface area contributed by atoms with Crippen molar-refractivity contribution in [3.05, 3.63) is 28.7 Å².